The highest BCUT2D eigenvalue weighted by Crippen LogP contribution is 2.21. The predicted octanol–water partition coefficient (Wildman–Crippen LogP) is 3.32. The minimum Gasteiger partial charge on any atom is -0.468 e. The first-order valence-corrected chi connectivity index (χ1v) is 5.39. The zero-order valence-electron chi connectivity index (χ0n) is 7.97. The summed E-state index contributed by atoms with van der Waals surface area (Å²) in [4.78, 5) is 11.1. The zero-order chi connectivity index (χ0) is 11.4. The van der Waals surface area contributed by atoms with E-state index in [0.29, 0.717) is 16.5 Å². The third-order valence-electron chi connectivity index (χ3n) is 1.79. The minimum atomic E-state index is -0.718. The van der Waals surface area contributed by atoms with Crippen molar-refractivity contribution in [2.45, 2.75) is 11.8 Å². The van der Waals surface area contributed by atoms with Crippen molar-refractivity contribution in [3.8, 4) is 0 Å². The smallest absolute Gasteiger partial charge is 0.324 e. The lowest BCUT2D eigenvalue weighted by atomic mass is 10.1. The van der Waals surface area contributed by atoms with Gasteiger partial charge >= 0.3 is 5.97 Å². The van der Waals surface area contributed by atoms with Crippen molar-refractivity contribution in [1.29, 1.82) is 0 Å². The van der Waals surface area contributed by atoms with Gasteiger partial charge in [-0.25, -0.2) is 0 Å². The molecule has 82 valence electrons. The molecule has 0 bridgehead atoms. The fourth-order valence-electron chi connectivity index (χ4n) is 1.15. The first-order chi connectivity index (χ1) is 7.02. The Morgan fingerprint density at radius 3 is 2.33 bits per heavy atom. The standard InChI is InChI=1S/C10H9Cl3O2/c1-15-10(14)9(13)4-6-2-7(11)5-8(12)3-6/h2-3,5,9H,4H2,1H3. The number of hydrogen-bond donors (Lipinski definition) is 0. The number of benzene rings is 1. The molecule has 0 aliphatic carbocycles. The molecule has 5 heteroatoms. The first kappa shape index (κ1) is 12.6. The summed E-state index contributed by atoms with van der Waals surface area (Å²) in [5, 5.41) is 0.321. The lowest BCUT2D eigenvalue weighted by molar-refractivity contribution is -0.140. The molecule has 0 aliphatic heterocycles. The van der Waals surface area contributed by atoms with Crippen LogP contribution in [0.4, 0.5) is 0 Å². The second-order valence-electron chi connectivity index (χ2n) is 2.97. The maximum atomic E-state index is 11.1. The lowest BCUT2D eigenvalue weighted by Gasteiger charge is -2.07. The van der Waals surface area contributed by atoms with Crippen molar-refractivity contribution in [2.24, 2.45) is 0 Å². The molecule has 15 heavy (non-hydrogen) atoms. The maximum Gasteiger partial charge on any atom is 0.324 e. The van der Waals surface area contributed by atoms with E-state index in [-0.39, 0.29) is 0 Å². The van der Waals surface area contributed by atoms with Crippen LogP contribution < -0.4 is 0 Å². The molecule has 1 aromatic rings. The van der Waals surface area contributed by atoms with E-state index in [1.54, 1.807) is 18.2 Å². The predicted molar refractivity (Wildman–Crippen MR) is 61.8 cm³/mol. The summed E-state index contributed by atoms with van der Waals surface area (Å²) in [6.07, 6.45) is 0.342. The second kappa shape index (κ2) is 5.59. The van der Waals surface area contributed by atoms with E-state index in [9.17, 15) is 4.79 Å². The van der Waals surface area contributed by atoms with E-state index >= 15 is 0 Å². The number of ether oxygens (including phenoxy) is 1. The van der Waals surface area contributed by atoms with Crippen LogP contribution in [0.1, 0.15) is 5.56 Å². The number of esters is 1. The topological polar surface area (TPSA) is 26.3 Å². The van der Waals surface area contributed by atoms with Gasteiger partial charge in [0.05, 0.1) is 7.11 Å². The van der Waals surface area contributed by atoms with Gasteiger partial charge < -0.3 is 4.74 Å². The van der Waals surface area contributed by atoms with Gasteiger partial charge in [-0.3, -0.25) is 4.79 Å². The van der Waals surface area contributed by atoms with Gasteiger partial charge in [-0.05, 0) is 30.2 Å². The highest BCUT2D eigenvalue weighted by atomic mass is 35.5. The fourth-order valence-corrected chi connectivity index (χ4v) is 1.99. The van der Waals surface area contributed by atoms with Gasteiger partial charge in [-0.2, -0.15) is 0 Å². The van der Waals surface area contributed by atoms with E-state index in [2.05, 4.69) is 4.74 Å². The Kier molecular flexibility index (Phi) is 4.71. The van der Waals surface area contributed by atoms with Crippen LogP contribution in [0, 0.1) is 0 Å². The van der Waals surface area contributed by atoms with Crippen molar-refractivity contribution in [2.75, 3.05) is 7.11 Å². The van der Waals surface area contributed by atoms with Crippen LogP contribution in [0.25, 0.3) is 0 Å². The van der Waals surface area contributed by atoms with Gasteiger partial charge in [0.15, 0.2) is 0 Å². The van der Waals surface area contributed by atoms with Crippen molar-refractivity contribution in [3.05, 3.63) is 33.8 Å². The molecule has 0 heterocycles. The number of rotatable bonds is 3. The lowest BCUT2D eigenvalue weighted by Crippen LogP contribution is -2.18. The first-order valence-electron chi connectivity index (χ1n) is 4.20. The van der Waals surface area contributed by atoms with E-state index in [1.165, 1.54) is 7.11 Å². The number of halogens is 3. The maximum absolute atomic E-state index is 11.1. The van der Waals surface area contributed by atoms with Crippen molar-refractivity contribution in [3.63, 3.8) is 0 Å². The van der Waals surface area contributed by atoms with Crippen molar-refractivity contribution in [1.82, 2.24) is 0 Å². The number of alkyl halides is 1. The Morgan fingerprint density at radius 1 is 1.33 bits per heavy atom. The average molecular weight is 268 g/mol. The summed E-state index contributed by atoms with van der Waals surface area (Å²) >= 11 is 17.4. The third-order valence-corrected chi connectivity index (χ3v) is 2.56. The molecular formula is C10H9Cl3O2. The van der Waals surface area contributed by atoms with Crippen molar-refractivity contribution >= 4 is 40.8 Å². The largest absolute Gasteiger partial charge is 0.468 e. The van der Waals surface area contributed by atoms with Crippen LogP contribution in [0.3, 0.4) is 0 Å². The van der Waals surface area contributed by atoms with E-state index in [0.717, 1.165) is 5.56 Å². The number of carbonyl (C=O) groups excluding carboxylic acids is 1. The molecule has 2 nitrogen and oxygen atoms in total. The van der Waals surface area contributed by atoms with E-state index < -0.39 is 11.3 Å². The van der Waals surface area contributed by atoms with Crippen LogP contribution >= 0.6 is 34.8 Å². The van der Waals surface area contributed by atoms with Crippen molar-refractivity contribution < 1.29 is 9.53 Å². The quantitative estimate of drug-likeness (QED) is 0.620. The van der Waals surface area contributed by atoms with E-state index in [4.69, 9.17) is 34.8 Å². The fraction of sp³-hybridized carbons (Fsp3) is 0.300. The van der Waals surface area contributed by atoms with Gasteiger partial charge in [0.1, 0.15) is 5.38 Å². The van der Waals surface area contributed by atoms with Crippen LogP contribution in [0.15, 0.2) is 18.2 Å². The van der Waals surface area contributed by atoms with Gasteiger partial charge in [0, 0.05) is 10.0 Å². The summed E-state index contributed by atoms with van der Waals surface area (Å²) in [5.41, 5.74) is 0.804. The molecule has 0 radical (unpaired) electrons. The second-order valence-corrected chi connectivity index (χ2v) is 4.37. The molecule has 0 amide bonds. The Bertz CT molecular complexity index is 345. The molecule has 0 aliphatic rings. The van der Waals surface area contributed by atoms with E-state index in [1.807, 2.05) is 0 Å². The number of hydrogen-bond acceptors (Lipinski definition) is 2. The summed E-state index contributed by atoms with van der Waals surface area (Å²) < 4.78 is 4.51. The molecule has 0 saturated carbocycles. The Hall–Kier alpha value is -0.440. The van der Waals surface area contributed by atoms with Gasteiger partial charge in [0.25, 0.3) is 0 Å². The number of methoxy groups -OCH3 is 1. The molecular weight excluding hydrogens is 258 g/mol. The highest BCUT2D eigenvalue weighted by Gasteiger charge is 2.16. The summed E-state index contributed by atoms with van der Waals surface area (Å²) in [7, 11) is 1.29. The minimum absolute atomic E-state index is 0.342. The van der Waals surface area contributed by atoms with Crippen LogP contribution in [-0.2, 0) is 16.0 Å². The number of carbonyl (C=O) groups is 1. The molecule has 0 fully saturated rings. The molecule has 1 atom stereocenters. The Morgan fingerprint density at radius 2 is 1.87 bits per heavy atom. The molecule has 1 rings (SSSR count). The molecule has 0 N–H and O–H groups in total. The van der Waals surface area contributed by atoms with Crippen LogP contribution in [0.5, 0.6) is 0 Å². The van der Waals surface area contributed by atoms with Gasteiger partial charge in [-0.1, -0.05) is 23.2 Å². The van der Waals surface area contributed by atoms with Crippen LogP contribution in [-0.4, -0.2) is 18.5 Å². The SMILES string of the molecule is COC(=O)C(Cl)Cc1cc(Cl)cc(Cl)c1. The summed E-state index contributed by atoms with van der Waals surface area (Å²) in [6, 6.07) is 5.05. The molecule has 1 unspecified atom stereocenters. The van der Waals surface area contributed by atoms with Gasteiger partial charge in [0.2, 0.25) is 0 Å². The highest BCUT2D eigenvalue weighted by molar-refractivity contribution is 6.34. The third kappa shape index (κ3) is 3.90. The molecule has 0 saturated heterocycles. The van der Waals surface area contributed by atoms with Gasteiger partial charge in [-0.15, -0.1) is 11.6 Å². The zero-order valence-corrected chi connectivity index (χ0v) is 10.2. The molecule has 1 aromatic carbocycles. The Balaban J connectivity index is 2.76. The normalized spacial score (nSPS) is 12.3. The monoisotopic (exact) mass is 266 g/mol. The molecule has 0 spiro atoms. The van der Waals surface area contributed by atoms with Crippen LogP contribution in [0.2, 0.25) is 10.0 Å². The summed E-state index contributed by atoms with van der Waals surface area (Å²) in [6.45, 7) is 0. The molecule has 0 aromatic heterocycles. The average Bonchev–Trinajstić information content (AvgIpc) is 2.14. The Labute approximate surface area is 103 Å². The summed E-state index contributed by atoms with van der Waals surface area (Å²) in [5.74, 6) is -0.465.